The van der Waals surface area contributed by atoms with Gasteiger partial charge in [0.15, 0.2) is 0 Å². The number of halogens is 1. The second-order valence-corrected chi connectivity index (χ2v) is 6.36. The van der Waals surface area contributed by atoms with Crippen LogP contribution in [0.1, 0.15) is 40.5 Å². The molecule has 4 amide bonds. The van der Waals surface area contributed by atoms with Crippen molar-refractivity contribution in [2.75, 3.05) is 0 Å². The van der Waals surface area contributed by atoms with E-state index in [9.17, 15) is 9.59 Å². The van der Waals surface area contributed by atoms with Crippen LogP contribution in [0.2, 0.25) is 0 Å². The number of carbonyl (C=O) groups excluding carboxylic acids is 2. The first-order valence-electron chi connectivity index (χ1n) is 5.82. The highest BCUT2D eigenvalue weighted by atomic mass is 35.5. The molecule has 0 unspecified atom stereocenters. The van der Waals surface area contributed by atoms with Crippen molar-refractivity contribution >= 4 is 24.5 Å². The number of nitrogens with one attached hydrogen (secondary N) is 4. The summed E-state index contributed by atoms with van der Waals surface area (Å²) < 4.78 is 0. The maximum absolute atomic E-state index is 11.7. The summed E-state index contributed by atoms with van der Waals surface area (Å²) in [4.78, 5) is 23.4. The minimum atomic E-state index is -0.655. The summed E-state index contributed by atoms with van der Waals surface area (Å²) in [5.41, 5.74) is -1.32. The van der Waals surface area contributed by atoms with Gasteiger partial charge in [-0.05, 0) is 27.7 Å². The Hall–Kier alpha value is -1.17. The van der Waals surface area contributed by atoms with E-state index in [1.165, 1.54) is 0 Å². The molecule has 2 aliphatic rings. The standard InChI is InChI=1S/C11H20N4O2.ClH/c1-9(2)5-11(14-7(16)12-9)6-10(3,4)13-8(17)15-11;/h5-6H2,1-4H3,(H2,12,14,16)(H2,13,15,17);1H. The van der Waals surface area contributed by atoms with E-state index in [0.29, 0.717) is 12.8 Å². The molecule has 0 aromatic heterocycles. The van der Waals surface area contributed by atoms with E-state index in [2.05, 4.69) is 21.3 Å². The third-order valence-electron chi connectivity index (χ3n) is 3.10. The predicted molar refractivity (Wildman–Crippen MR) is 70.7 cm³/mol. The molecule has 0 atom stereocenters. The van der Waals surface area contributed by atoms with E-state index < -0.39 is 5.66 Å². The highest BCUT2D eigenvalue weighted by molar-refractivity contribution is 5.85. The molecule has 1 spiro atoms. The van der Waals surface area contributed by atoms with Crippen molar-refractivity contribution in [3.8, 4) is 0 Å². The van der Waals surface area contributed by atoms with Gasteiger partial charge in [0.1, 0.15) is 5.66 Å². The van der Waals surface area contributed by atoms with E-state index in [4.69, 9.17) is 0 Å². The van der Waals surface area contributed by atoms with Crippen molar-refractivity contribution in [3.05, 3.63) is 0 Å². The fraction of sp³-hybridized carbons (Fsp3) is 0.818. The number of carbonyl (C=O) groups is 2. The number of urea groups is 2. The SMILES string of the molecule is CC1(C)CC2(CC(C)(C)NC(=O)N2)NC(=O)N1.Cl. The average Bonchev–Trinajstić information content (AvgIpc) is 1.90. The van der Waals surface area contributed by atoms with Gasteiger partial charge in [0.25, 0.3) is 0 Å². The Balaban J connectivity index is 0.00000162. The molecular weight excluding hydrogens is 256 g/mol. The van der Waals surface area contributed by atoms with E-state index in [1.807, 2.05) is 27.7 Å². The molecule has 0 bridgehead atoms. The Labute approximate surface area is 113 Å². The molecular formula is C11H21ClN4O2. The van der Waals surface area contributed by atoms with Crippen LogP contribution in [0.4, 0.5) is 9.59 Å². The topological polar surface area (TPSA) is 82.3 Å². The Morgan fingerprint density at radius 2 is 1.11 bits per heavy atom. The minimum absolute atomic E-state index is 0. The van der Waals surface area contributed by atoms with Crippen LogP contribution in [-0.2, 0) is 0 Å². The van der Waals surface area contributed by atoms with Crippen molar-refractivity contribution in [3.63, 3.8) is 0 Å². The quantitative estimate of drug-likeness (QED) is 0.534. The van der Waals surface area contributed by atoms with Gasteiger partial charge in [-0.25, -0.2) is 9.59 Å². The predicted octanol–water partition coefficient (Wildman–Crippen LogP) is 1.07. The van der Waals surface area contributed by atoms with Gasteiger partial charge in [-0.1, -0.05) is 0 Å². The Bertz CT molecular complexity index is 345. The maximum Gasteiger partial charge on any atom is 0.317 e. The first kappa shape index (κ1) is 14.9. The lowest BCUT2D eigenvalue weighted by Crippen LogP contribution is -2.78. The molecule has 2 saturated heterocycles. The third-order valence-corrected chi connectivity index (χ3v) is 3.10. The van der Waals surface area contributed by atoms with Crippen molar-refractivity contribution in [1.29, 1.82) is 0 Å². The Kier molecular flexibility index (Phi) is 3.46. The van der Waals surface area contributed by atoms with E-state index in [0.717, 1.165) is 0 Å². The minimum Gasteiger partial charge on any atom is -0.333 e. The van der Waals surface area contributed by atoms with Crippen molar-refractivity contribution in [2.24, 2.45) is 0 Å². The van der Waals surface area contributed by atoms with Gasteiger partial charge in [0, 0.05) is 23.9 Å². The van der Waals surface area contributed by atoms with E-state index in [1.54, 1.807) is 0 Å². The molecule has 2 heterocycles. The highest BCUT2D eigenvalue weighted by Crippen LogP contribution is 2.31. The van der Waals surface area contributed by atoms with Crippen LogP contribution in [0, 0.1) is 0 Å². The van der Waals surface area contributed by atoms with Gasteiger partial charge >= 0.3 is 12.1 Å². The molecule has 0 aromatic rings. The lowest BCUT2D eigenvalue weighted by Gasteiger charge is -2.51. The van der Waals surface area contributed by atoms with Gasteiger partial charge in [-0.15, -0.1) is 12.4 Å². The summed E-state index contributed by atoms with van der Waals surface area (Å²) in [7, 11) is 0. The maximum atomic E-state index is 11.7. The van der Waals surface area contributed by atoms with E-state index in [-0.39, 0.29) is 35.5 Å². The lowest BCUT2D eigenvalue weighted by atomic mass is 9.79. The summed E-state index contributed by atoms with van der Waals surface area (Å²) in [6, 6.07) is -0.474. The second-order valence-electron chi connectivity index (χ2n) is 6.36. The monoisotopic (exact) mass is 276 g/mol. The van der Waals surface area contributed by atoms with Crippen LogP contribution >= 0.6 is 12.4 Å². The molecule has 18 heavy (non-hydrogen) atoms. The Morgan fingerprint density at radius 3 is 1.39 bits per heavy atom. The molecule has 0 saturated carbocycles. The van der Waals surface area contributed by atoms with Gasteiger partial charge in [-0.2, -0.15) is 0 Å². The summed E-state index contributed by atoms with van der Waals surface area (Å²) in [5, 5.41) is 11.4. The fourth-order valence-electron chi connectivity index (χ4n) is 2.98. The number of amides is 4. The first-order chi connectivity index (χ1) is 7.62. The van der Waals surface area contributed by atoms with Crippen LogP contribution in [0.3, 0.4) is 0 Å². The van der Waals surface area contributed by atoms with Crippen molar-refractivity contribution in [2.45, 2.75) is 57.3 Å². The van der Waals surface area contributed by atoms with Crippen LogP contribution < -0.4 is 21.3 Å². The molecule has 6 nitrogen and oxygen atoms in total. The van der Waals surface area contributed by atoms with Crippen molar-refractivity contribution < 1.29 is 9.59 Å². The molecule has 4 N–H and O–H groups in total. The zero-order valence-electron chi connectivity index (χ0n) is 11.1. The second kappa shape index (κ2) is 4.19. The molecule has 0 aliphatic carbocycles. The fourth-order valence-corrected chi connectivity index (χ4v) is 2.98. The zero-order valence-corrected chi connectivity index (χ0v) is 12.0. The third kappa shape index (κ3) is 2.98. The average molecular weight is 277 g/mol. The molecule has 0 aromatic carbocycles. The highest BCUT2D eigenvalue weighted by Gasteiger charge is 2.49. The lowest BCUT2D eigenvalue weighted by molar-refractivity contribution is 0.0930. The zero-order chi connectivity index (χ0) is 12.9. The summed E-state index contributed by atoms with van der Waals surface area (Å²) >= 11 is 0. The smallest absolute Gasteiger partial charge is 0.317 e. The number of hydrogen-bond acceptors (Lipinski definition) is 2. The van der Waals surface area contributed by atoms with Gasteiger partial charge in [0.05, 0.1) is 0 Å². The molecule has 2 rings (SSSR count). The molecule has 7 heteroatoms. The Morgan fingerprint density at radius 1 is 0.778 bits per heavy atom. The largest absolute Gasteiger partial charge is 0.333 e. The molecule has 2 aliphatic heterocycles. The molecule has 2 fully saturated rings. The van der Waals surface area contributed by atoms with Crippen LogP contribution in [0.25, 0.3) is 0 Å². The number of rotatable bonds is 0. The summed E-state index contributed by atoms with van der Waals surface area (Å²) in [6.07, 6.45) is 1.31. The van der Waals surface area contributed by atoms with Gasteiger partial charge in [-0.3, -0.25) is 0 Å². The van der Waals surface area contributed by atoms with Gasteiger partial charge in [0.2, 0.25) is 0 Å². The first-order valence-corrected chi connectivity index (χ1v) is 5.82. The normalized spacial score (nSPS) is 27.1. The number of hydrogen-bond donors (Lipinski definition) is 4. The van der Waals surface area contributed by atoms with Crippen LogP contribution in [-0.4, -0.2) is 28.8 Å². The molecule has 0 radical (unpaired) electrons. The molecule has 104 valence electrons. The van der Waals surface area contributed by atoms with Gasteiger partial charge < -0.3 is 21.3 Å². The van der Waals surface area contributed by atoms with Crippen molar-refractivity contribution in [1.82, 2.24) is 21.3 Å². The summed E-state index contributed by atoms with van der Waals surface area (Å²) in [5.74, 6) is 0. The van der Waals surface area contributed by atoms with Crippen LogP contribution in [0.5, 0.6) is 0 Å². The van der Waals surface area contributed by atoms with Crippen LogP contribution in [0.15, 0.2) is 0 Å². The summed E-state index contributed by atoms with van der Waals surface area (Å²) in [6.45, 7) is 7.81. The van der Waals surface area contributed by atoms with E-state index >= 15 is 0 Å².